The molecule has 5 nitrogen and oxygen atoms in total. The fraction of sp³-hybridized carbons (Fsp3) is 0. The lowest BCUT2D eigenvalue weighted by Gasteiger charge is -2.02. The second-order valence-corrected chi connectivity index (χ2v) is 4.44. The van der Waals surface area contributed by atoms with Crippen molar-refractivity contribution in [1.82, 2.24) is 4.98 Å². The lowest BCUT2D eigenvalue weighted by molar-refractivity contribution is 0.457. The van der Waals surface area contributed by atoms with E-state index in [0.29, 0.717) is 15.7 Å². The van der Waals surface area contributed by atoms with Crippen LogP contribution in [0.2, 0.25) is 5.02 Å². The van der Waals surface area contributed by atoms with Crippen LogP contribution in [0.25, 0.3) is 0 Å². The fourth-order valence-corrected chi connectivity index (χ4v) is 1.96. The highest BCUT2D eigenvalue weighted by atomic mass is 35.5. The number of nitrogens with zero attached hydrogens (tertiary/aromatic N) is 3. The summed E-state index contributed by atoms with van der Waals surface area (Å²) in [4.78, 5) is 3.76. The Morgan fingerprint density at radius 1 is 1.50 bits per heavy atom. The minimum absolute atomic E-state index is 0.0835. The first-order valence-electron chi connectivity index (χ1n) is 4.84. The Morgan fingerprint density at radius 2 is 2.28 bits per heavy atom. The van der Waals surface area contributed by atoms with E-state index in [-0.39, 0.29) is 11.6 Å². The molecule has 0 aliphatic carbocycles. The zero-order valence-corrected chi connectivity index (χ0v) is 10.5. The maximum Gasteiger partial charge on any atom is 0.222 e. The average molecular weight is 279 g/mol. The van der Waals surface area contributed by atoms with Crippen LogP contribution >= 0.6 is 22.9 Å². The summed E-state index contributed by atoms with van der Waals surface area (Å²) in [5.74, 6) is -0.129. The predicted octanol–water partition coefficient (Wildman–Crippen LogP) is 2.84. The molecule has 2 rings (SSSR count). The number of nitrogens with one attached hydrogen (secondary N) is 1. The van der Waals surface area contributed by atoms with Gasteiger partial charge in [-0.05, 0) is 12.1 Å². The molecule has 0 radical (unpaired) electrons. The minimum atomic E-state index is -0.129. The third-order valence-electron chi connectivity index (χ3n) is 1.96. The third-order valence-corrected chi connectivity index (χ3v) is 3.13. The van der Waals surface area contributed by atoms with Gasteiger partial charge in [0.1, 0.15) is 6.07 Å². The Balaban J connectivity index is 2.22. The van der Waals surface area contributed by atoms with E-state index in [0.717, 1.165) is 11.3 Å². The maximum absolute atomic E-state index is 9.12. The van der Waals surface area contributed by atoms with Crippen LogP contribution < -0.4 is 5.43 Å². The van der Waals surface area contributed by atoms with Crippen molar-refractivity contribution in [2.24, 2.45) is 5.10 Å². The van der Waals surface area contributed by atoms with Gasteiger partial charge in [-0.15, -0.1) is 11.3 Å². The second-order valence-electron chi connectivity index (χ2n) is 3.17. The van der Waals surface area contributed by atoms with Crippen molar-refractivity contribution in [1.29, 1.82) is 5.26 Å². The van der Waals surface area contributed by atoms with Crippen LogP contribution in [0.4, 0.5) is 5.69 Å². The molecule has 0 fully saturated rings. The van der Waals surface area contributed by atoms with Gasteiger partial charge in [0, 0.05) is 0 Å². The normalized spacial score (nSPS) is 11.0. The van der Waals surface area contributed by atoms with E-state index in [9.17, 15) is 0 Å². The largest absolute Gasteiger partial charge is 0.493 e. The number of para-hydroxylation sites is 1. The zero-order chi connectivity index (χ0) is 13.0. The van der Waals surface area contributed by atoms with Gasteiger partial charge in [-0.3, -0.25) is 5.43 Å². The van der Waals surface area contributed by atoms with Crippen molar-refractivity contribution < 1.29 is 5.11 Å². The molecule has 0 atom stereocenters. The summed E-state index contributed by atoms with van der Waals surface area (Å²) in [6, 6.07) is 8.94. The summed E-state index contributed by atoms with van der Waals surface area (Å²) >= 11 is 7.07. The molecule has 0 aliphatic heterocycles. The van der Waals surface area contributed by atoms with Gasteiger partial charge in [0.2, 0.25) is 5.88 Å². The van der Waals surface area contributed by atoms with E-state index in [1.54, 1.807) is 24.3 Å². The van der Waals surface area contributed by atoms with Crippen molar-refractivity contribution >= 4 is 34.3 Å². The molecular formula is C11H7ClN4OS. The standard InChI is InChI=1S/C11H7ClN4OS/c12-7-3-1-2-4-8(7)15-16-9(5-13)11-14-10(17)6-18-11/h1-4,6,15,17H/b16-9-. The first-order valence-corrected chi connectivity index (χ1v) is 6.09. The summed E-state index contributed by atoms with van der Waals surface area (Å²) in [7, 11) is 0. The van der Waals surface area contributed by atoms with Gasteiger partial charge in [-0.25, -0.2) is 0 Å². The van der Waals surface area contributed by atoms with Crippen molar-refractivity contribution in [3.05, 3.63) is 39.7 Å². The molecular weight excluding hydrogens is 272 g/mol. The first-order chi connectivity index (χ1) is 8.70. The van der Waals surface area contributed by atoms with Gasteiger partial charge in [0.05, 0.1) is 16.1 Å². The Hall–Kier alpha value is -2.10. The van der Waals surface area contributed by atoms with E-state index in [1.165, 1.54) is 5.38 Å². The van der Waals surface area contributed by atoms with E-state index < -0.39 is 0 Å². The van der Waals surface area contributed by atoms with E-state index in [2.05, 4.69) is 15.5 Å². The van der Waals surface area contributed by atoms with Crippen LogP contribution in [-0.2, 0) is 0 Å². The molecule has 0 spiro atoms. The summed E-state index contributed by atoms with van der Waals surface area (Å²) in [5, 5.41) is 24.3. The summed E-state index contributed by atoms with van der Waals surface area (Å²) < 4.78 is 0. The topological polar surface area (TPSA) is 81.3 Å². The highest BCUT2D eigenvalue weighted by Crippen LogP contribution is 2.21. The Morgan fingerprint density at radius 3 is 2.89 bits per heavy atom. The van der Waals surface area contributed by atoms with E-state index >= 15 is 0 Å². The molecule has 0 amide bonds. The molecule has 2 aromatic rings. The monoisotopic (exact) mass is 278 g/mol. The highest BCUT2D eigenvalue weighted by Gasteiger charge is 2.08. The van der Waals surface area contributed by atoms with Gasteiger partial charge in [-0.2, -0.15) is 15.3 Å². The van der Waals surface area contributed by atoms with Gasteiger partial charge in [0.25, 0.3) is 0 Å². The molecule has 2 N–H and O–H groups in total. The number of benzene rings is 1. The van der Waals surface area contributed by atoms with Crippen molar-refractivity contribution in [3.8, 4) is 11.9 Å². The lowest BCUT2D eigenvalue weighted by atomic mass is 10.3. The number of aromatic hydroxyl groups is 1. The van der Waals surface area contributed by atoms with Crippen LogP contribution in [0.1, 0.15) is 5.01 Å². The van der Waals surface area contributed by atoms with Crippen LogP contribution in [0, 0.1) is 11.3 Å². The predicted molar refractivity (Wildman–Crippen MR) is 71.0 cm³/mol. The van der Waals surface area contributed by atoms with Gasteiger partial charge >= 0.3 is 0 Å². The molecule has 7 heteroatoms. The number of anilines is 1. The number of hydrogen-bond acceptors (Lipinski definition) is 6. The van der Waals surface area contributed by atoms with Gasteiger partial charge in [-0.1, -0.05) is 23.7 Å². The molecule has 1 aromatic heterocycles. The molecule has 0 bridgehead atoms. The number of hydrogen-bond donors (Lipinski definition) is 2. The number of nitriles is 1. The van der Waals surface area contributed by atoms with E-state index in [4.69, 9.17) is 22.0 Å². The average Bonchev–Trinajstić information content (AvgIpc) is 2.79. The third kappa shape index (κ3) is 2.77. The van der Waals surface area contributed by atoms with Crippen molar-refractivity contribution in [2.45, 2.75) is 0 Å². The second kappa shape index (κ2) is 5.49. The lowest BCUT2D eigenvalue weighted by Crippen LogP contribution is -2.01. The molecule has 0 saturated carbocycles. The SMILES string of the molecule is N#C/C(=N/Nc1ccccc1Cl)c1nc(O)cs1. The smallest absolute Gasteiger partial charge is 0.222 e. The zero-order valence-electron chi connectivity index (χ0n) is 8.96. The summed E-state index contributed by atoms with van der Waals surface area (Å²) in [6.45, 7) is 0. The molecule has 0 unspecified atom stereocenters. The van der Waals surface area contributed by atoms with E-state index in [1.807, 2.05) is 6.07 Å². The van der Waals surface area contributed by atoms with Crippen molar-refractivity contribution in [2.75, 3.05) is 5.43 Å². The quantitative estimate of drug-likeness (QED) is 0.668. The number of halogens is 1. The molecule has 1 heterocycles. The fourth-order valence-electron chi connectivity index (χ4n) is 1.16. The summed E-state index contributed by atoms with van der Waals surface area (Å²) in [5.41, 5.74) is 3.36. The Kier molecular flexibility index (Phi) is 3.77. The molecule has 0 saturated heterocycles. The minimum Gasteiger partial charge on any atom is -0.493 e. The Bertz CT molecular complexity index is 632. The molecule has 1 aromatic carbocycles. The van der Waals surface area contributed by atoms with Crippen LogP contribution in [0.3, 0.4) is 0 Å². The van der Waals surface area contributed by atoms with Crippen LogP contribution in [-0.4, -0.2) is 15.8 Å². The number of hydrazone groups is 1. The van der Waals surface area contributed by atoms with Crippen LogP contribution in [0.5, 0.6) is 5.88 Å². The van der Waals surface area contributed by atoms with Gasteiger partial charge < -0.3 is 5.11 Å². The maximum atomic E-state index is 9.12. The molecule has 90 valence electrons. The first kappa shape index (κ1) is 12.4. The number of thiazole rings is 1. The molecule has 18 heavy (non-hydrogen) atoms. The number of rotatable bonds is 3. The number of aromatic nitrogens is 1. The Labute approximate surface area is 112 Å². The highest BCUT2D eigenvalue weighted by molar-refractivity contribution is 7.12. The van der Waals surface area contributed by atoms with Crippen LogP contribution in [0.15, 0.2) is 34.7 Å². The summed E-state index contributed by atoms with van der Waals surface area (Å²) in [6.07, 6.45) is 0. The van der Waals surface area contributed by atoms with Crippen molar-refractivity contribution in [3.63, 3.8) is 0 Å². The van der Waals surface area contributed by atoms with Gasteiger partial charge in [0.15, 0.2) is 10.7 Å². The molecule has 0 aliphatic rings.